The van der Waals surface area contributed by atoms with Crippen LogP contribution < -0.4 is 0 Å². The molecule has 2 heterocycles. The molecule has 0 unspecified atom stereocenters. The Kier molecular flexibility index (Phi) is 5.84. The molecule has 1 N–H and O–H groups in total. The summed E-state index contributed by atoms with van der Waals surface area (Å²) in [5.41, 5.74) is 0.448. The number of halogens is 2. The topological polar surface area (TPSA) is 58.4 Å². The first-order valence-electron chi connectivity index (χ1n) is 9.61. The Labute approximate surface area is 164 Å². The number of likely N-dealkylation sites (tertiary alicyclic amines) is 1. The molecular weight excluding hydrogens is 364 g/mol. The third kappa shape index (κ3) is 4.41. The summed E-state index contributed by atoms with van der Waals surface area (Å²) in [6.45, 7) is 5.84. The number of hydrogen-bond donors (Lipinski definition) is 1. The Bertz CT molecular complexity index is 829. The van der Waals surface area contributed by atoms with Gasteiger partial charge in [0.2, 0.25) is 6.43 Å². The number of carbonyl (C=O) groups excluding carboxylic acids is 1. The smallest absolute Gasteiger partial charge is 0.254 e. The van der Waals surface area contributed by atoms with Crippen LogP contribution in [0.25, 0.3) is 0 Å². The fourth-order valence-corrected chi connectivity index (χ4v) is 3.67. The molecule has 1 saturated heterocycles. The van der Waals surface area contributed by atoms with E-state index in [0.29, 0.717) is 23.2 Å². The molecule has 1 aromatic heterocycles. The van der Waals surface area contributed by atoms with Gasteiger partial charge in [0.05, 0.1) is 17.8 Å². The van der Waals surface area contributed by atoms with Gasteiger partial charge in [0.25, 0.3) is 5.91 Å². The molecule has 1 aliphatic heterocycles. The number of benzene rings is 1. The average molecular weight is 391 g/mol. The van der Waals surface area contributed by atoms with Crippen molar-refractivity contribution < 1.29 is 18.7 Å². The predicted octanol–water partition coefficient (Wildman–Crippen LogP) is 3.78. The molecule has 3 rings (SSSR count). The standard InChI is InChI=1S/C21H27F2N3O2/c1-14-8-9-17(26-12-16(11-24-26)21(2,3)28)13-25(14)20(27)18-7-5-4-6-15(18)10-19(22)23/h4-7,11-12,14,17,19,28H,8-10,13H2,1-3H3/t14-,17-/m1/s1. The Balaban J connectivity index is 1.82. The lowest BCUT2D eigenvalue weighted by Gasteiger charge is -2.38. The fraction of sp³-hybridized carbons (Fsp3) is 0.524. The molecule has 1 aromatic carbocycles. The van der Waals surface area contributed by atoms with Crippen LogP contribution in [0.1, 0.15) is 61.1 Å². The van der Waals surface area contributed by atoms with Crippen LogP contribution >= 0.6 is 0 Å². The van der Waals surface area contributed by atoms with Gasteiger partial charge in [0, 0.05) is 36.3 Å². The normalized spacial score (nSPS) is 20.6. The molecule has 28 heavy (non-hydrogen) atoms. The van der Waals surface area contributed by atoms with Crippen molar-refractivity contribution in [2.24, 2.45) is 0 Å². The molecule has 1 aliphatic rings. The highest BCUT2D eigenvalue weighted by Crippen LogP contribution is 2.29. The van der Waals surface area contributed by atoms with E-state index in [2.05, 4.69) is 5.10 Å². The summed E-state index contributed by atoms with van der Waals surface area (Å²) in [4.78, 5) is 14.9. The summed E-state index contributed by atoms with van der Waals surface area (Å²) in [5.74, 6) is -0.219. The van der Waals surface area contributed by atoms with Crippen LogP contribution in [0.3, 0.4) is 0 Å². The highest BCUT2D eigenvalue weighted by molar-refractivity contribution is 5.96. The highest BCUT2D eigenvalue weighted by atomic mass is 19.3. The number of nitrogens with zero attached hydrogens (tertiary/aromatic N) is 3. The van der Waals surface area contributed by atoms with Gasteiger partial charge < -0.3 is 10.0 Å². The van der Waals surface area contributed by atoms with E-state index in [1.807, 2.05) is 13.1 Å². The van der Waals surface area contributed by atoms with E-state index in [0.717, 1.165) is 12.8 Å². The molecular formula is C21H27F2N3O2. The number of hydrogen-bond acceptors (Lipinski definition) is 3. The molecule has 2 atom stereocenters. The summed E-state index contributed by atoms with van der Waals surface area (Å²) in [5, 5.41) is 14.5. The quantitative estimate of drug-likeness (QED) is 0.844. The van der Waals surface area contributed by atoms with E-state index >= 15 is 0 Å². The Morgan fingerprint density at radius 1 is 1.32 bits per heavy atom. The van der Waals surface area contributed by atoms with Crippen molar-refractivity contribution in [1.29, 1.82) is 0 Å². The Hall–Kier alpha value is -2.28. The number of carbonyl (C=O) groups is 1. The van der Waals surface area contributed by atoms with Crippen LogP contribution in [0.5, 0.6) is 0 Å². The summed E-state index contributed by atoms with van der Waals surface area (Å²) < 4.78 is 27.6. The van der Waals surface area contributed by atoms with Gasteiger partial charge in [0.1, 0.15) is 0 Å². The van der Waals surface area contributed by atoms with Crippen molar-refractivity contribution >= 4 is 5.91 Å². The van der Waals surface area contributed by atoms with Crippen molar-refractivity contribution in [3.8, 4) is 0 Å². The van der Waals surface area contributed by atoms with Crippen LogP contribution in [0.4, 0.5) is 8.78 Å². The van der Waals surface area contributed by atoms with E-state index in [4.69, 9.17) is 0 Å². The summed E-state index contributed by atoms with van der Waals surface area (Å²) in [7, 11) is 0. The van der Waals surface area contributed by atoms with E-state index in [1.165, 1.54) is 0 Å². The number of piperidine rings is 1. The first-order chi connectivity index (χ1) is 13.2. The van der Waals surface area contributed by atoms with Gasteiger partial charge in [0.15, 0.2) is 0 Å². The second kappa shape index (κ2) is 7.99. The van der Waals surface area contributed by atoms with Crippen molar-refractivity contribution in [2.45, 2.75) is 64.1 Å². The second-order valence-corrected chi connectivity index (χ2v) is 8.06. The number of rotatable bonds is 5. The third-order valence-corrected chi connectivity index (χ3v) is 5.42. The van der Waals surface area contributed by atoms with Gasteiger partial charge >= 0.3 is 0 Å². The Morgan fingerprint density at radius 2 is 2.04 bits per heavy atom. The van der Waals surface area contributed by atoms with Gasteiger partial charge in [-0.2, -0.15) is 5.10 Å². The number of aromatic nitrogens is 2. The van der Waals surface area contributed by atoms with Crippen LogP contribution in [0, 0.1) is 0 Å². The molecule has 0 saturated carbocycles. The van der Waals surface area contributed by atoms with Crippen LogP contribution in [-0.2, 0) is 12.0 Å². The largest absolute Gasteiger partial charge is 0.386 e. The molecule has 0 spiro atoms. The van der Waals surface area contributed by atoms with Crippen LogP contribution in [0.15, 0.2) is 36.7 Å². The zero-order valence-corrected chi connectivity index (χ0v) is 16.5. The summed E-state index contributed by atoms with van der Waals surface area (Å²) in [6, 6.07) is 6.60. The van der Waals surface area contributed by atoms with Gasteiger partial charge in [-0.3, -0.25) is 9.48 Å². The molecule has 2 aromatic rings. The maximum atomic E-state index is 13.2. The van der Waals surface area contributed by atoms with Crippen molar-refractivity contribution in [2.75, 3.05) is 6.54 Å². The first-order valence-corrected chi connectivity index (χ1v) is 9.61. The molecule has 7 heteroatoms. The molecule has 0 aliphatic carbocycles. The van der Waals surface area contributed by atoms with E-state index in [-0.39, 0.29) is 18.0 Å². The minimum absolute atomic E-state index is 0.0153. The third-order valence-electron chi connectivity index (χ3n) is 5.42. The van der Waals surface area contributed by atoms with Crippen molar-refractivity contribution in [3.63, 3.8) is 0 Å². The number of amides is 1. The van der Waals surface area contributed by atoms with E-state index < -0.39 is 18.4 Å². The first kappa shape index (κ1) is 20.5. The van der Waals surface area contributed by atoms with Crippen LogP contribution in [-0.4, -0.2) is 44.7 Å². The zero-order chi connectivity index (χ0) is 20.5. The van der Waals surface area contributed by atoms with Gasteiger partial charge in [-0.05, 0) is 45.2 Å². The van der Waals surface area contributed by atoms with Gasteiger partial charge in [-0.1, -0.05) is 18.2 Å². The summed E-state index contributed by atoms with van der Waals surface area (Å²) >= 11 is 0. The van der Waals surface area contributed by atoms with E-state index in [1.54, 1.807) is 53.9 Å². The van der Waals surface area contributed by atoms with Gasteiger partial charge in [-0.25, -0.2) is 8.78 Å². The number of aliphatic hydroxyl groups is 1. The molecule has 0 radical (unpaired) electrons. The Morgan fingerprint density at radius 3 is 2.68 bits per heavy atom. The lowest BCUT2D eigenvalue weighted by molar-refractivity contribution is 0.0554. The average Bonchev–Trinajstić information content (AvgIpc) is 3.12. The number of alkyl halides is 2. The zero-order valence-electron chi connectivity index (χ0n) is 16.5. The summed E-state index contributed by atoms with van der Waals surface area (Å²) in [6.07, 6.45) is 2.18. The molecule has 152 valence electrons. The molecule has 5 nitrogen and oxygen atoms in total. The van der Waals surface area contributed by atoms with E-state index in [9.17, 15) is 18.7 Å². The van der Waals surface area contributed by atoms with Crippen molar-refractivity contribution in [3.05, 3.63) is 53.3 Å². The minimum atomic E-state index is -2.50. The van der Waals surface area contributed by atoms with Crippen molar-refractivity contribution in [1.82, 2.24) is 14.7 Å². The highest BCUT2D eigenvalue weighted by Gasteiger charge is 2.32. The van der Waals surface area contributed by atoms with Crippen LogP contribution in [0.2, 0.25) is 0 Å². The predicted molar refractivity (Wildman–Crippen MR) is 102 cm³/mol. The molecule has 1 amide bonds. The maximum absolute atomic E-state index is 13.2. The molecule has 1 fully saturated rings. The minimum Gasteiger partial charge on any atom is -0.386 e. The molecule has 0 bridgehead atoms. The second-order valence-electron chi connectivity index (χ2n) is 8.06. The van der Waals surface area contributed by atoms with Gasteiger partial charge in [-0.15, -0.1) is 0 Å². The lowest BCUT2D eigenvalue weighted by Crippen LogP contribution is -2.46. The lowest BCUT2D eigenvalue weighted by atomic mass is 9.96. The monoisotopic (exact) mass is 391 g/mol. The maximum Gasteiger partial charge on any atom is 0.254 e. The SMILES string of the molecule is C[C@@H]1CC[C@@H](n2cc(C(C)(C)O)cn2)CN1C(=O)c1ccccc1CC(F)F. The fourth-order valence-electron chi connectivity index (χ4n) is 3.67.